The van der Waals surface area contributed by atoms with Gasteiger partial charge < -0.3 is 10.1 Å². The third-order valence-corrected chi connectivity index (χ3v) is 6.90. The monoisotopic (exact) mass is 452 g/mol. The fourth-order valence-corrected chi connectivity index (χ4v) is 4.66. The molecule has 0 aliphatic carbocycles. The Labute approximate surface area is 167 Å². The van der Waals surface area contributed by atoms with Crippen LogP contribution in [0, 0.1) is 13.8 Å². The van der Waals surface area contributed by atoms with E-state index in [1.807, 2.05) is 25.1 Å². The Kier molecular flexibility index (Phi) is 6.00. The number of hydrogen-bond acceptors (Lipinski definition) is 4. The number of rotatable bonds is 4. The molecular weight excluding hydrogens is 432 g/mol. The van der Waals surface area contributed by atoms with Gasteiger partial charge in [-0.15, -0.1) is 0 Å². The third-order valence-electron chi connectivity index (χ3n) is 4.51. The number of aryl methyl sites for hydroxylation is 2. The second-order valence-corrected chi connectivity index (χ2v) is 9.26. The zero-order valence-electron chi connectivity index (χ0n) is 15.2. The Morgan fingerprint density at radius 3 is 2.44 bits per heavy atom. The van der Waals surface area contributed by atoms with Crippen molar-refractivity contribution in [2.24, 2.45) is 0 Å². The van der Waals surface area contributed by atoms with Crippen LogP contribution < -0.4 is 5.32 Å². The van der Waals surface area contributed by atoms with E-state index < -0.39 is 10.0 Å². The molecule has 1 aliphatic heterocycles. The molecule has 6 nitrogen and oxygen atoms in total. The van der Waals surface area contributed by atoms with Gasteiger partial charge in [0.2, 0.25) is 10.0 Å². The van der Waals surface area contributed by atoms with E-state index in [9.17, 15) is 13.2 Å². The van der Waals surface area contributed by atoms with Crippen molar-refractivity contribution in [3.05, 3.63) is 57.6 Å². The Balaban J connectivity index is 1.91. The first-order valence-corrected chi connectivity index (χ1v) is 10.8. The van der Waals surface area contributed by atoms with E-state index in [1.54, 1.807) is 19.1 Å². The van der Waals surface area contributed by atoms with Crippen LogP contribution in [-0.4, -0.2) is 44.9 Å². The molecule has 0 saturated carbocycles. The Hall–Kier alpha value is -1.74. The topological polar surface area (TPSA) is 75.7 Å². The summed E-state index contributed by atoms with van der Waals surface area (Å²) in [5, 5.41) is 2.87. The predicted octanol–water partition coefficient (Wildman–Crippen LogP) is 3.34. The third kappa shape index (κ3) is 4.40. The van der Waals surface area contributed by atoms with Gasteiger partial charge in [0.15, 0.2) is 0 Å². The minimum absolute atomic E-state index is 0.117. The minimum Gasteiger partial charge on any atom is -0.379 e. The molecular formula is C19H21BrN2O4S. The van der Waals surface area contributed by atoms with Crippen LogP contribution in [0.2, 0.25) is 0 Å². The molecule has 1 heterocycles. The lowest BCUT2D eigenvalue weighted by Crippen LogP contribution is -2.40. The van der Waals surface area contributed by atoms with E-state index in [-0.39, 0.29) is 10.8 Å². The van der Waals surface area contributed by atoms with Crippen molar-refractivity contribution in [3.63, 3.8) is 0 Å². The molecule has 0 atom stereocenters. The number of nitrogens with one attached hydrogen (secondary N) is 1. The SMILES string of the molecule is Cc1ccc(Br)cc1NC(=O)c1cc(S(=O)(=O)N2CCOCC2)ccc1C. The first-order chi connectivity index (χ1) is 12.8. The zero-order valence-corrected chi connectivity index (χ0v) is 17.6. The van der Waals surface area contributed by atoms with Gasteiger partial charge in [-0.25, -0.2) is 8.42 Å². The van der Waals surface area contributed by atoms with Crippen molar-refractivity contribution >= 4 is 37.5 Å². The summed E-state index contributed by atoms with van der Waals surface area (Å²) < 4.78 is 33.2. The lowest BCUT2D eigenvalue weighted by atomic mass is 10.1. The van der Waals surface area contributed by atoms with Gasteiger partial charge in [-0.05, 0) is 49.2 Å². The summed E-state index contributed by atoms with van der Waals surface area (Å²) >= 11 is 3.39. The van der Waals surface area contributed by atoms with E-state index in [1.165, 1.54) is 10.4 Å². The maximum Gasteiger partial charge on any atom is 0.255 e. The highest BCUT2D eigenvalue weighted by Crippen LogP contribution is 2.24. The lowest BCUT2D eigenvalue weighted by Gasteiger charge is -2.26. The molecule has 2 aromatic rings. The minimum atomic E-state index is -3.66. The average molecular weight is 453 g/mol. The number of ether oxygens (including phenoxy) is 1. The molecule has 1 N–H and O–H groups in total. The highest BCUT2D eigenvalue weighted by Gasteiger charge is 2.27. The maximum absolute atomic E-state index is 12.9. The number of hydrogen-bond donors (Lipinski definition) is 1. The summed E-state index contributed by atoms with van der Waals surface area (Å²) in [6, 6.07) is 10.3. The molecule has 1 aliphatic rings. The van der Waals surface area contributed by atoms with Crippen molar-refractivity contribution in [2.75, 3.05) is 31.6 Å². The van der Waals surface area contributed by atoms with Crippen LogP contribution in [0.3, 0.4) is 0 Å². The average Bonchev–Trinajstić information content (AvgIpc) is 2.65. The van der Waals surface area contributed by atoms with Gasteiger partial charge in [0.1, 0.15) is 0 Å². The molecule has 0 bridgehead atoms. The normalized spacial score (nSPS) is 15.5. The quantitative estimate of drug-likeness (QED) is 0.771. The highest BCUT2D eigenvalue weighted by atomic mass is 79.9. The molecule has 144 valence electrons. The number of benzene rings is 2. The summed E-state index contributed by atoms with van der Waals surface area (Å²) in [4.78, 5) is 12.9. The first-order valence-electron chi connectivity index (χ1n) is 8.55. The van der Waals surface area contributed by atoms with Crippen LogP contribution in [0.4, 0.5) is 5.69 Å². The van der Waals surface area contributed by atoms with Crippen LogP contribution in [0.15, 0.2) is 45.8 Å². The van der Waals surface area contributed by atoms with Crippen molar-refractivity contribution in [1.29, 1.82) is 0 Å². The molecule has 2 aromatic carbocycles. The van der Waals surface area contributed by atoms with Crippen molar-refractivity contribution in [2.45, 2.75) is 18.7 Å². The number of carbonyl (C=O) groups is 1. The van der Waals surface area contributed by atoms with Crippen molar-refractivity contribution < 1.29 is 17.9 Å². The van der Waals surface area contributed by atoms with E-state index in [2.05, 4.69) is 21.2 Å². The van der Waals surface area contributed by atoms with E-state index >= 15 is 0 Å². The van der Waals surface area contributed by atoms with Gasteiger partial charge in [0.25, 0.3) is 5.91 Å². The number of carbonyl (C=O) groups excluding carboxylic acids is 1. The molecule has 0 unspecified atom stereocenters. The smallest absolute Gasteiger partial charge is 0.255 e. The summed E-state index contributed by atoms with van der Waals surface area (Å²) in [6.07, 6.45) is 0. The molecule has 1 saturated heterocycles. The summed E-state index contributed by atoms with van der Waals surface area (Å²) in [7, 11) is -3.66. The van der Waals surface area contributed by atoms with Gasteiger partial charge in [0, 0.05) is 28.8 Å². The van der Waals surface area contributed by atoms with E-state index in [0.29, 0.717) is 43.1 Å². The summed E-state index contributed by atoms with van der Waals surface area (Å²) in [5.74, 6) is -0.340. The van der Waals surface area contributed by atoms with E-state index in [0.717, 1.165) is 10.0 Å². The molecule has 0 aromatic heterocycles. The maximum atomic E-state index is 12.9. The van der Waals surface area contributed by atoms with Gasteiger partial charge in [-0.1, -0.05) is 28.1 Å². The second kappa shape index (κ2) is 8.10. The molecule has 0 radical (unpaired) electrons. The van der Waals surface area contributed by atoms with Crippen LogP contribution >= 0.6 is 15.9 Å². The van der Waals surface area contributed by atoms with E-state index in [4.69, 9.17) is 4.74 Å². The molecule has 1 amide bonds. The number of sulfonamides is 1. The van der Waals surface area contributed by atoms with Crippen molar-refractivity contribution in [3.8, 4) is 0 Å². The lowest BCUT2D eigenvalue weighted by molar-refractivity contribution is 0.0730. The Bertz CT molecular complexity index is 970. The first kappa shape index (κ1) is 20.0. The van der Waals surface area contributed by atoms with Gasteiger partial charge >= 0.3 is 0 Å². The zero-order chi connectivity index (χ0) is 19.6. The molecule has 1 fully saturated rings. The number of anilines is 1. The summed E-state index contributed by atoms with van der Waals surface area (Å²) in [6.45, 7) is 5.06. The van der Waals surface area contributed by atoms with Crippen LogP contribution in [0.25, 0.3) is 0 Å². The molecule has 3 rings (SSSR count). The summed E-state index contributed by atoms with van der Waals surface area (Å²) in [5.41, 5.74) is 2.64. The highest BCUT2D eigenvalue weighted by molar-refractivity contribution is 9.10. The largest absolute Gasteiger partial charge is 0.379 e. The standard InChI is InChI=1S/C19H21BrN2O4S/c1-13-4-6-16(27(24,25)22-7-9-26-10-8-22)12-17(13)19(23)21-18-11-15(20)5-3-14(18)2/h3-6,11-12H,7-10H2,1-2H3,(H,21,23). The number of nitrogens with zero attached hydrogens (tertiary/aromatic N) is 1. The van der Waals surface area contributed by atoms with Crippen LogP contribution in [0.5, 0.6) is 0 Å². The number of halogens is 1. The molecule has 0 spiro atoms. The van der Waals surface area contributed by atoms with Crippen LogP contribution in [-0.2, 0) is 14.8 Å². The fraction of sp³-hybridized carbons (Fsp3) is 0.316. The van der Waals surface area contributed by atoms with Crippen LogP contribution in [0.1, 0.15) is 21.5 Å². The van der Waals surface area contributed by atoms with Gasteiger partial charge in [0.05, 0.1) is 18.1 Å². The fourth-order valence-electron chi connectivity index (χ4n) is 2.86. The van der Waals surface area contributed by atoms with Gasteiger partial charge in [-0.2, -0.15) is 4.31 Å². The number of morpholine rings is 1. The molecule has 27 heavy (non-hydrogen) atoms. The van der Waals surface area contributed by atoms with Crippen molar-refractivity contribution in [1.82, 2.24) is 4.31 Å². The number of amides is 1. The Morgan fingerprint density at radius 2 is 1.74 bits per heavy atom. The second-order valence-electron chi connectivity index (χ2n) is 6.41. The predicted molar refractivity (Wildman–Crippen MR) is 108 cm³/mol. The molecule has 8 heteroatoms. The van der Waals surface area contributed by atoms with Gasteiger partial charge in [-0.3, -0.25) is 4.79 Å². The Morgan fingerprint density at radius 1 is 1.07 bits per heavy atom.